The second-order valence-electron chi connectivity index (χ2n) is 9.04. The van der Waals surface area contributed by atoms with Crippen molar-refractivity contribution >= 4 is 56.6 Å². The first-order valence-electron chi connectivity index (χ1n) is 12.7. The number of nitrogens with zero attached hydrogens (tertiary/aromatic N) is 6. The van der Waals surface area contributed by atoms with Crippen LogP contribution in [0.2, 0.25) is 5.02 Å². The standard InChI is InChI=1S/C29H22ClN7O3S2/c1-40-22-10-8-21(9-11-22)37-27(39)23-12-7-19(30)13-24(23)32-29(37)42-16-20-14-36(35-34-20)15-26(38)33-28-31-25(17-41-28)18-5-3-2-4-6-18/h2-14,17H,15-16H2,1H3,(H,31,33,38). The number of halogens is 1. The van der Waals surface area contributed by atoms with Gasteiger partial charge in [-0.2, -0.15) is 0 Å². The summed E-state index contributed by atoms with van der Waals surface area (Å²) in [7, 11) is 1.58. The number of aromatic nitrogens is 6. The van der Waals surface area contributed by atoms with Gasteiger partial charge in [0.15, 0.2) is 10.3 Å². The smallest absolute Gasteiger partial charge is 0.266 e. The molecule has 0 radical (unpaired) electrons. The van der Waals surface area contributed by atoms with Gasteiger partial charge in [0, 0.05) is 27.9 Å². The Morgan fingerprint density at radius 3 is 2.67 bits per heavy atom. The van der Waals surface area contributed by atoms with Gasteiger partial charge in [0.25, 0.3) is 5.56 Å². The van der Waals surface area contributed by atoms with E-state index in [1.165, 1.54) is 27.8 Å². The number of nitrogens with one attached hydrogen (secondary N) is 1. The van der Waals surface area contributed by atoms with Crippen LogP contribution < -0.4 is 15.6 Å². The molecule has 0 fully saturated rings. The van der Waals surface area contributed by atoms with Crippen molar-refractivity contribution in [1.29, 1.82) is 0 Å². The van der Waals surface area contributed by atoms with E-state index in [-0.39, 0.29) is 18.0 Å². The van der Waals surface area contributed by atoms with Crippen LogP contribution in [-0.2, 0) is 17.1 Å². The van der Waals surface area contributed by atoms with Crippen molar-refractivity contribution in [1.82, 2.24) is 29.5 Å². The fourth-order valence-electron chi connectivity index (χ4n) is 4.19. The molecule has 3 heterocycles. The van der Waals surface area contributed by atoms with Crippen LogP contribution in [-0.4, -0.2) is 42.5 Å². The van der Waals surface area contributed by atoms with Gasteiger partial charge in [0.1, 0.15) is 12.3 Å². The molecule has 6 aromatic rings. The lowest BCUT2D eigenvalue weighted by Gasteiger charge is -2.13. The van der Waals surface area contributed by atoms with Gasteiger partial charge in [-0.1, -0.05) is 58.9 Å². The zero-order valence-corrected chi connectivity index (χ0v) is 24.5. The normalized spacial score (nSPS) is 11.1. The quantitative estimate of drug-likeness (QED) is 0.163. The molecule has 0 saturated heterocycles. The number of rotatable bonds is 9. The fraction of sp³-hybridized carbons (Fsp3) is 0.103. The molecule has 0 spiro atoms. The van der Waals surface area contributed by atoms with Crippen LogP contribution >= 0.6 is 34.7 Å². The lowest BCUT2D eigenvalue weighted by atomic mass is 10.2. The summed E-state index contributed by atoms with van der Waals surface area (Å²) in [5, 5.41) is 14.9. The summed E-state index contributed by atoms with van der Waals surface area (Å²) in [5.41, 5.74) is 3.32. The number of carbonyl (C=O) groups excluding carboxylic acids is 1. The van der Waals surface area contributed by atoms with Crippen molar-refractivity contribution in [3.05, 3.63) is 105 Å². The Bertz CT molecular complexity index is 1940. The van der Waals surface area contributed by atoms with Gasteiger partial charge in [-0.05, 0) is 42.5 Å². The predicted octanol–water partition coefficient (Wildman–Crippen LogP) is 5.69. The number of thioether (sulfide) groups is 1. The summed E-state index contributed by atoms with van der Waals surface area (Å²) >= 11 is 8.87. The monoisotopic (exact) mass is 615 g/mol. The third kappa shape index (κ3) is 6.05. The van der Waals surface area contributed by atoms with E-state index in [4.69, 9.17) is 21.3 Å². The van der Waals surface area contributed by atoms with E-state index in [1.54, 1.807) is 60.3 Å². The van der Waals surface area contributed by atoms with E-state index >= 15 is 0 Å². The minimum Gasteiger partial charge on any atom is -0.497 e. The number of carbonyl (C=O) groups is 1. The van der Waals surface area contributed by atoms with Gasteiger partial charge in [-0.25, -0.2) is 14.6 Å². The summed E-state index contributed by atoms with van der Waals surface area (Å²) in [6.45, 7) is -0.0266. The molecule has 1 N–H and O–H groups in total. The van der Waals surface area contributed by atoms with Crippen molar-refractivity contribution in [2.45, 2.75) is 17.5 Å². The van der Waals surface area contributed by atoms with Crippen LogP contribution in [0.15, 0.2) is 94.3 Å². The Morgan fingerprint density at radius 2 is 1.88 bits per heavy atom. The molecule has 0 saturated carbocycles. The van der Waals surface area contributed by atoms with Crippen LogP contribution in [0.3, 0.4) is 0 Å². The average molecular weight is 616 g/mol. The SMILES string of the molecule is COc1ccc(-n2c(SCc3cn(CC(=O)Nc4nc(-c5ccccc5)cs4)nn3)nc3cc(Cl)ccc3c2=O)cc1. The minimum atomic E-state index is -0.269. The fourth-order valence-corrected chi connectivity index (χ4v) is 5.99. The maximum Gasteiger partial charge on any atom is 0.266 e. The molecule has 6 rings (SSSR count). The molecule has 3 aromatic heterocycles. The van der Waals surface area contributed by atoms with E-state index in [2.05, 4.69) is 20.6 Å². The maximum atomic E-state index is 13.5. The zero-order chi connectivity index (χ0) is 29.1. The van der Waals surface area contributed by atoms with Gasteiger partial charge in [0.05, 0.1) is 35.1 Å². The Kier molecular flexibility index (Phi) is 8.00. The first-order chi connectivity index (χ1) is 20.5. The Labute approximate surface area is 253 Å². The lowest BCUT2D eigenvalue weighted by Crippen LogP contribution is -2.21. The van der Waals surface area contributed by atoms with Gasteiger partial charge in [0.2, 0.25) is 5.91 Å². The Hall–Kier alpha value is -4.52. The lowest BCUT2D eigenvalue weighted by molar-refractivity contribution is -0.116. The van der Waals surface area contributed by atoms with Crippen molar-refractivity contribution in [3.63, 3.8) is 0 Å². The van der Waals surface area contributed by atoms with Crippen LogP contribution in [0.5, 0.6) is 5.75 Å². The number of methoxy groups -OCH3 is 1. The van der Waals surface area contributed by atoms with Crippen LogP contribution in [0.1, 0.15) is 5.69 Å². The Morgan fingerprint density at radius 1 is 1.07 bits per heavy atom. The summed E-state index contributed by atoms with van der Waals surface area (Å²) in [5.74, 6) is 0.770. The topological polar surface area (TPSA) is 117 Å². The summed E-state index contributed by atoms with van der Waals surface area (Å²) in [4.78, 5) is 35.4. The maximum absolute atomic E-state index is 13.5. The second-order valence-corrected chi connectivity index (χ2v) is 11.3. The molecule has 0 unspecified atom stereocenters. The number of hydrogen-bond donors (Lipinski definition) is 1. The van der Waals surface area contributed by atoms with Crippen LogP contribution in [0, 0.1) is 0 Å². The molecule has 210 valence electrons. The highest BCUT2D eigenvalue weighted by molar-refractivity contribution is 7.98. The number of thiazole rings is 1. The summed E-state index contributed by atoms with van der Waals surface area (Å²) in [6.07, 6.45) is 1.69. The van der Waals surface area contributed by atoms with Gasteiger partial charge >= 0.3 is 0 Å². The van der Waals surface area contributed by atoms with Gasteiger partial charge in [-0.3, -0.25) is 14.2 Å². The molecule has 10 nitrogen and oxygen atoms in total. The molecule has 0 aliphatic heterocycles. The largest absolute Gasteiger partial charge is 0.497 e. The van der Waals surface area contributed by atoms with Crippen LogP contribution in [0.4, 0.5) is 5.13 Å². The van der Waals surface area contributed by atoms with Gasteiger partial charge < -0.3 is 10.1 Å². The van der Waals surface area contributed by atoms with Crippen molar-refractivity contribution in [2.24, 2.45) is 0 Å². The average Bonchev–Trinajstić information content (AvgIpc) is 3.66. The first kappa shape index (κ1) is 27.6. The molecule has 3 aromatic carbocycles. The summed E-state index contributed by atoms with van der Waals surface area (Å²) in [6, 6.07) is 21.9. The highest BCUT2D eigenvalue weighted by atomic mass is 35.5. The summed E-state index contributed by atoms with van der Waals surface area (Å²) < 4.78 is 8.28. The molecule has 0 bridgehead atoms. The molecule has 1 amide bonds. The van der Waals surface area contributed by atoms with Crippen molar-refractivity contribution < 1.29 is 9.53 Å². The Balaban J connectivity index is 1.17. The van der Waals surface area contributed by atoms with E-state index in [9.17, 15) is 9.59 Å². The molecule has 0 aliphatic rings. The molecule has 0 atom stereocenters. The van der Waals surface area contributed by atoms with Crippen molar-refractivity contribution in [2.75, 3.05) is 12.4 Å². The second kappa shape index (κ2) is 12.1. The predicted molar refractivity (Wildman–Crippen MR) is 165 cm³/mol. The molecule has 42 heavy (non-hydrogen) atoms. The molecule has 13 heteroatoms. The number of benzene rings is 3. The van der Waals surface area contributed by atoms with Gasteiger partial charge in [-0.15, -0.1) is 16.4 Å². The number of fused-ring (bicyclic) bond motifs is 1. The number of amides is 1. The number of hydrogen-bond acceptors (Lipinski definition) is 9. The first-order valence-corrected chi connectivity index (χ1v) is 14.9. The third-order valence-corrected chi connectivity index (χ3v) is 8.16. The molecule has 0 aliphatic carbocycles. The van der Waals surface area contributed by atoms with E-state index in [1.807, 2.05) is 35.7 Å². The zero-order valence-electron chi connectivity index (χ0n) is 22.1. The van der Waals surface area contributed by atoms with E-state index in [0.717, 1.165) is 11.3 Å². The van der Waals surface area contributed by atoms with Crippen molar-refractivity contribution in [3.8, 4) is 22.7 Å². The van der Waals surface area contributed by atoms with E-state index < -0.39 is 0 Å². The highest BCUT2D eigenvalue weighted by Gasteiger charge is 2.16. The highest BCUT2D eigenvalue weighted by Crippen LogP contribution is 2.27. The molecular weight excluding hydrogens is 594 g/mol. The number of ether oxygens (including phenoxy) is 1. The van der Waals surface area contributed by atoms with Crippen LogP contribution in [0.25, 0.3) is 27.8 Å². The third-order valence-electron chi connectivity index (χ3n) is 6.19. The number of anilines is 1. The molecular formula is C29H22ClN7O3S2. The minimum absolute atomic E-state index is 0.0266. The van der Waals surface area contributed by atoms with E-state index in [0.29, 0.717) is 49.1 Å².